The van der Waals surface area contributed by atoms with Crippen LogP contribution in [0.15, 0.2) is 54.3 Å². The van der Waals surface area contributed by atoms with Gasteiger partial charge in [0.05, 0.1) is 6.61 Å². The molecule has 0 aliphatic heterocycles. The lowest BCUT2D eigenvalue weighted by Gasteiger charge is -2.04. The molecule has 0 bridgehead atoms. The molecule has 4 heteroatoms. The Hall–Kier alpha value is -2.62. The summed E-state index contributed by atoms with van der Waals surface area (Å²) in [5.74, 6) is -2.03. The molecule has 2 aromatic rings. The first kappa shape index (κ1) is 13.8. The maximum Gasteiger partial charge on any atom is 0.373 e. The van der Waals surface area contributed by atoms with Gasteiger partial charge in [-0.1, -0.05) is 42.5 Å². The molecule has 0 heterocycles. The van der Waals surface area contributed by atoms with E-state index in [2.05, 4.69) is 4.74 Å². The van der Waals surface area contributed by atoms with Crippen LogP contribution >= 0.6 is 0 Å². The SMILES string of the molecule is CCOC(=O)/C(O)=C/C(=O)c1cccc2ccccc12. The molecule has 0 fully saturated rings. The fourth-order valence-electron chi connectivity index (χ4n) is 1.91. The molecule has 1 N–H and O–H groups in total. The predicted molar refractivity (Wildman–Crippen MR) is 75.6 cm³/mol. The molecular formula is C16H14O4. The number of allylic oxidation sites excluding steroid dienone is 1. The number of hydrogen-bond donors (Lipinski definition) is 1. The minimum Gasteiger partial charge on any atom is -0.502 e. The van der Waals surface area contributed by atoms with Crippen LogP contribution < -0.4 is 0 Å². The van der Waals surface area contributed by atoms with Crippen molar-refractivity contribution in [1.82, 2.24) is 0 Å². The molecule has 0 saturated carbocycles. The third kappa shape index (κ3) is 2.85. The predicted octanol–water partition coefficient (Wildman–Crippen LogP) is 3.03. The largest absolute Gasteiger partial charge is 0.502 e. The number of hydrogen-bond acceptors (Lipinski definition) is 4. The highest BCUT2D eigenvalue weighted by atomic mass is 16.5. The second kappa shape index (κ2) is 6.02. The Bertz CT molecular complexity index is 680. The lowest BCUT2D eigenvalue weighted by atomic mass is 10.0. The zero-order valence-electron chi connectivity index (χ0n) is 11.0. The normalized spacial score (nSPS) is 11.3. The van der Waals surface area contributed by atoms with Crippen LogP contribution in [0.2, 0.25) is 0 Å². The summed E-state index contributed by atoms with van der Waals surface area (Å²) in [5.41, 5.74) is 0.430. The van der Waals surface area contributed by atoms with E-state index in [1.165, 1.54) is 0 Å². The van der Waals surface area contributed by atoms with E-state index in [1.54, 1.807) is 19.1 Å². The number of rotatable bonds is 4. The van der Waals surface area contributed by atoms with Gasteiger partial charge < -0.3 is 9.84 Å². The first-order chi connectivity index (χ1) is 9.63. The second-order valence-corrected chi connectivity index (χ2v) is 4.14. The van der Waals surface area contributed by atoms with Gasteiger partial charge in [0.15, 0.2) is 5.78 Å². The van der Waals surface area contributed by atoms with E-state index in [4.69, 9.17) is 0 Å². The molecule has 0 aromatic heterocycles. The molecular weight excluding hydrogens is 256 g/mol. The average Bonchev–Trinajstić information content (AvgIpc) is 2.46. The van der Waals surface area contributed by atoms with Gasteiger partial charge in [-0.15, -0.1) is 0 Å². The minimum absolute atomic E-state index is 0.138. The number of aliphatic hydroxyl groups is 1. The highest BCUT2D eigenvalue weighted by Gasteiger charge is 2.13. The third-order valence-corrected chi connectivity index (χ3v) is 2.81. The van der Waals surface area contributed by atoms with Crippen LogP contribution in [0.5, 0.6) is 0 Å². The number of fused-ring (bicyclic) bond motifs is 1. The summed E-state index contributed by atoms with van der Waals surface area (Å²) in [6.45, 7) is 1.76. The van der Waals surface area contributed by atoms with Crippen LogP contribution in [0, 0.1) is 0 Å². The molecule has 0 atom stereocenters. The van der Waals surface area contributed by atoms with E-state index in [9.17, 15) is 14.7 Å². The van der Waals surface area contributed by atoms with E-state index < -0.39 is 17.5 Å². The Morgan fingerprint density at radius 1 is 1.15 bits per heavy atom. The fourth-order valence-corrected chi connectivity index (χ4v) is 1.91. The molecule has 4 nitrogen and oxygen atoms in total. The van der Waals surface area contributed by atoms with Crippen molar-refractivity contribution < 1.29 is 19.4 Å². The van der Waals surface area contributed by atoms with Gasteiger partial charge in [-0.3, -0.25) is 4.79 Å². The van der Waals surface area contributed by atoms with E-state index in [0.717, 1.165) is 16.8 Å². The molecule has 0 aliphatic carbocycles. The first-order valence-electron chi connectivity index (χ1n) is 6.23. The number of esters is 1. The fraction of sp³-hybridized carbons (Fsp3) is 0.125. The maximum atomic E-state index is 12.1. The Labute approximate surface area is 116 Å². The van der Waals surface area contributed by atoms with Crippen molar-refractivity contribution in [1.29, 1.82) is 0 Å². The van der Waals surface area contributed by atoms with E-state index >= 15 is 0 Å². The van der Waals surface area contributed by atoms with Crippen LogP contribution in [0.1, 0.15) is 17.3 Å². The van der Waals surface area contributed by atoms with Crippen LogP contribution in [-0.4, -0.2) is 23.5 Å². The minimum atomic E-state index is -0.902. The topological polar surface area (TPSA) is 63.6 Å². The first-order valence-corrected chi connectivity index (χ1v) is 6.23. The maximum absolute atomic E-state index is 12.1. The number of aliphatic hydroxyl groups excluding tert-OH is 1. The van der Waals surface area contributed by atoms with E-state index in [-0.39, 0.29) is 6.61 Å². The molecule has 2 rings (SSSR count). The van der Waals surface area contributed by atoms with Gasteiger partial charge in [0.2, 0.25) is 5.76 Å². The highest BCUT2D eigenvalue weighted by molar-refractivity contribution is 6.15. The van der Waals surface area contributed by atoms with Gasteiger partial charge in [-0.25, -0.2) is 4.79 Å². The van der Waals surface area contributed by atoms with Gasteiger partial charge in [-0.2, -0.15) is 0 Å². The number of ether oxygens (including phenoxy) is 1. The van der Waals surface area contributed by atoms with Crippen molar-refractivity contribution in [2.24, 2.45) is 0 Å². The number of ketones is 1. The monoisotopic (exact) mass is 270 g/mol. The van der Waals surface area contributed by atoms with Crippen molar-refractivity contribution in [2.75, 3.05) is 6.61 Å². The Morgan fingerprint density at radius 2 is 1.85 bits per heavy atom. The van der Waals surface area contributed by atoms with Gasteiger partial charge in [0.25, 0.3) is 0 Å². The quantitative estimate of drug-likeness (QED) is 0.401. The van der Waals surface area contributed by atoms with Crippen molar-refractivity contribution in [3.8, 4) is 0 Å². The number of carbonyl (C=O) groups is 2. The second-order valence-electron chi connectivity index (χ2n) is 4.14. The van der Waals surface area contributed by atoms with Crippen molar-refractivity contribution >= 4 is 22.5 Å². The lowest BCUT2D eigenvalue weighted by molar-refractivity contribution is -0.141. The molecule has 2 aromatic carbocycles. The molecule has 0 spiro atoms. The number of benzene rings is 2. The Balaban J connectivity index is 2.37. The van der Waals surface area contributed by atoms with E-state index in [1.807, 2.05) is 30.3 Å². The summed E-state index contributed by atoms with van der Waals surface area (Å²) >= 11 is 0. The zero-order valence-corrected chi connectivity index (χ0v) is 11.0. The van der Waals surface area contributed by atoms with Crippen LogP contribution in [0.25, 0.3) is 10.8 Å². The lowest BCUT2D eigenvalue weighted by Crippen LogP contribution is -2.09. The van der Waals surface area contributed by atoms with Crippen molar-refractivity contribution in [2.45, 2.75) is 6.92 Å². The number of carbonyl (C=O) groups excluding carboxylic acids is 2. The standard InChI is InChI=1S/C16H14O4/c1-2-20-16(19)15(18)10-14(17)13-9-5-7-11-6-3-4-8-12(11)13/h3-10,18H,2H2,1H3/b15-10-. The van der Waals surface area contributed by atoms with Crippen molar-refractivity contribution in [3.05, 3.63) is 59.9 Å². The smallest absolute Gasteiger partial charge is 0.373 e. The Morgan fingerprint density at radius 3 is 2.60 bits per heavy atom. The summed E-state index contributed by atoms with van der Waals surface area (Å²) in [6.07, 6.45) is 0.889. The summed E-state index contributed by atoms with van der Waals surface area (Å²) in [4.78, 5) is 23.4. The Kier molecular flexibility index (Phi) is 4.15. The van der Waals surface area contributed by atoms with Gasteiger partial charge in [0, 0.05) is 11.6 Å². The average molecular weight is 270 g/mol. The molecule has 20 heavy (non-hydrogen) atoms. The molecule has 0 amide bonds. The third-order valence-electron chi connectivity index (χ3n) is 2.81. The van der Waals surface area contributed by atoms with Crippen LogP contribution in [-0.2, 0) is 9.53 Å². The van der Waals surface area contributed by atoms with Crippen LogP contribution in [0.4, 0.5) is 0 Å². The highest BCUT2D eigenvalue weighted by Crippen LogP contribution is 2.19. The summed E-state index contributed by atoms with van der Waals surface area (Å²) in [5, 5.41) is 11.2. The molecule has 0 aliphatic rings. The molecule has 0 unspecified atom stereocenters. The summed E-state index contributed by atoms with van der Waals surface area (Å²) in [6, 6.07) is 12.7. The molecule has 0 radical (unpaired) electrons. The van der Waals surface area contributed by atoms with E-state index in [0.29, 0.717) is 5.56 Å². The molecule has 102 valence electrons. The van der Waals surface area contributed by atoms with Gasteiger partial charge >= 0.3 is 5.97 Å². The van der Waals surface area contributed by atoms with Gasteiger partial charge in [0.1, 0.15) is 0 Å². The van der Waals surface area contributed by atoms with Gasteiger partial charge in [-0.05, 0) is 17.7 Å². The van der Waals surface area contributed by atoms with Crippen molar-refractivity contribution in [3.63, 3.8) is 0 Å². The summed E-state index contributed by atoms with van der Waals surface area (Å²) in [7, 11) is 0. The summed E-state index contributed by atoms with van der Waals surface area (Å²) < 4.78 is 4.62. The molecule has 0 saturated heterocycles. The van der Waals surface area contributed by atoms with Crippen LogP contribution in [0.3, 0.4) is 0 Å². The zero-order chi connectivity index (χ0) is 14.5.